The number of alkyl halides is 2. The second-order valence-corrected chi connectivity index (χ2v) is 10.4. The van der Waals surface area contributed by atoms with Crippen LogP contribution in [-0.4, -0.2) is 59.8 Å². The number of thioether (sulfide) groups is 1. The van der Waals surface area contributed by atoms with Crippen molar-refractivity contribution in [3.8, 4) is 0 Å². The number of ether oxygens (including phenoxy) is 4. The molecule has 0 radical (unpaired) electrons. The summed E-state index contributed by atoms with van der Waals surface area (Å²) in [5.41, 5.74) is 1.10. The Morgan fingerprint density at radius 3 is 2.71 bits per heavy atom. The Morgan fingerprint density at radius 2 is 2.06 bits per heavy atom. The van der Waals surface area contributed by atoms with E-state index in [9.17, 15) is 13.6 Å². The zero-order valence-corrected chi connectivity index (χ0v) is 20.2. The molecule has 4 aliphatic rings. The third kappa shape index (κ3) is 5.08. The maximum absolute atomic E-state index is 13.1. The lowest BCUT2D eigenvalue weighted by atomic mass is 9.92. The number of hydrogen-bond donors (Lipinski definition) is 1. The lowest BCUT2D eigenvalue weighted by Crippen LogP contribution is -2.38. The molecule has 0 aromatic carbocycles. The zero-order chi connectivity index (χ0) is 23.9. The smallest absolute Gasteiger partial charge is 0.387 e. The lowest BCUT2D eigenvalue weighted by Gasteiger charge is -2.26. The van der Waals surface area contributed by atoms with Gasteiger partial charge in [0.1, 0.15) is 12.2 Å². The van der Waals surface area contributed by atoms with E-state index in [1.165, 1.54) is 30.2 Å². The van der Waals surface area contributed by atoms with Gasteiger partial charge in [0.05, 0.1) is 16.7 Å². The van der Waals surface area contributed by atoms with Gasteiger partial charge in [-0.3, -0.25) is 10.3 Å². The summed E-state index contributed by atoms with van der Waals surface area (Å²) >= 11 is 14.1. The van der Waals surface area contributed by atoms with E-state index >= 15 is 0 Å². The van der Waals surface area contributed by atoms with Crippen molar-refractivity contribution < 1.29 is 32.5 Å². The predicted molar refractivity (Wildman–Crippen MR) is 122 cm³/mol. The number of epoxide rings is 1. The van der Waals surface area contributed by atoms with Crippen LogP contribution in [0.5, 0.6) is 0 Å². The maximum atomic E-state index is 13.1. The predicted octanol–water partition coefficient (Wildman–Crippen LogP) is 4.09. The van der Waals surface area contributed by atoms with E-state index in [0.29, 0.717) is 40.3 Å². The summed E-state index contributed by atoms with van der Waals surface area (Å²) in [7, 11) is 0. The van der Waals surface area contributed by atoms with Gasteiger partial charge in [-0.2, -0.15) is 8.78 Å². The van der Waals surface area contributed by atoms with E-state index < -0.39 is 35.9 Å². The molecule has 1 aromatic heterocycles. The SMILES string of the molecule is O=C(OC(Cc1c(Cl)cncc1Cl)C1=CC=C(OC(F)F)C2(OCC3CC3)OC12)[C@H]1NCCS1. The lowest BCUT2D eigenvalue weighted by molar-refractivity contribution is -0.147. The summed E-state index contributed by atoms with van der Waals surface area (Å²) in [5.74, 6) is -0.848. The molecule has 1 N–H and O–H groups in total. The average Bonchev–Trinajstić information content (AvgIpc) is 3.70. The first kappa shape index (κ1) is 24.3. The molecular weight excluding hydrogens is 513 g/mol. The molecule has 4 atom stereocenters. The van der Waals surface area contributed by atoms with Crippen LogP contribution < -0.4 is 5.32 Å². The van der Waals surface area contributed by atoms with E-state index in [-0.39, 0.29) is 12.2 Å². The fourth-order valence-electron chi connectivity index (χ4n) is 4.02. The Labute approximate surface area is 209 Å². The molecule has 184 valence electrons. The van der Waals surface area contributed by atoms with Crippen molar-refractivity contribution in [2.24, 2.45) is 5.92 Å². The van der Waals surface area contributed by atoms with Gasteiger partial charge in [-0.25, -0.2) is 4.79 Å². The average molecular weight is 535 g/mol. The number of carbonyl (C=O) groups excluding carboxylic acids is 1. The summed E-state index contributed by atoms with van der Waals surface area (Å²) in [6.07, 6.45) is 6.48. The summed E-state index contributed by atoms with van der Waals surface area (Å²) in [4.78, 5) is 16.8. The normalized spacial score (nSPS) is 28.7. The highest BCUT2D eigenvalue weighted by Gasteiger charge is 2.67. The molecule has 5 rings (SSSR count). The van der Waals surface area contributed by atoms with E-state index in [0.717, 1.165) is 18.6 Å². The van der Waals surface area contributed by atoms with Crippen LogP contribution in [0, 0.1) is 5.92 Å². The van der Waals surface area contributed by atoms with Gasteiger partial charge in [0.2, 0.25) is 0 Å². The minimum Gasteiger partial charge on any atom is -0.456 e. The second-order valence-electron chi connectivity index (χ2n) is 8.41. The summed E-state index contributed by atoms with van der Waals surface area (Å²) < 4.78 is 48.5. The molecule has 12 heteroatoms. The van der Waals surface area contributed by atoms with Crippen LogP contribution in [0.1, 0.15) is 18.4 Å². The number of fused-ring (bicyclic) bond motifs is 1. The molecule has 3 fully saturated rings. The number of nitrogens with one attached hydrogen (secondary N) is 1. The minimum absolute atomic E-state index is 0.102. The van der Waals surface area contributed by atoms with Crippen molar-refractivity contribution in [2.75, 3.05) is 18.9 Å². The van der Waals surface area contributed by atoms with Gasteiger partial charge >= 0.3 is 12.6 Å². The van der Waals surface area contributed by atoms with Crippen molar-refractivity contribution in [1.29, 1.82) is 0 Å². The van der Waals surface area contributed by atoms with Crippen molar-refractivity contribution in [3.63, 3.8) is 0 Å². The second kappa shape index (κ2) is 9.91. The third-order valence-electron chi connectivity index (χ3n) is 6.00. The highest BCUT2D eigenvalue weighted by molar-refractivity contribution is 8.00. The highest BCUT2D eigenvalue weighted by Crippen LogP contribution is 2.53. The van der Waals surface area contributed by atoms with E-state index in [1.54, 1.807) is 6.08 Å². The summed E-state index contributed by atoms with van der Waals surface area (Å²) in [5, 5.41) is 3.23. The van der Waals surface area contributed by atoms with Gasteiger partial charge in [0.15, 0.2) is 11.1 Å². The van der Waals surface area contributed by atoms with E-state index in [4.69, 9.17) is 42.1 Å². The van der Waals surface area contributed by atoms with Gasteiger partial charge in [-0.15, -0.1) is 11.8 Å². The first-order valence-electron chi connectivity index (χ1n) is 10.9. The number of allylic oxidation sites excluding steroid dienone is 2. The minimum atomic E-state index is -3.03. The summed E-state index contributed by atoms with van der Waals surface area (Å²) in [6.45, 7) is -1.97. The van der Waals surface area contributed by atoms with Crippen molar-refractivity contribution in [2.45, 2.75) is 49.2 Å². The topological polar surface area (TPSA) is 82.2 Å². The fourth-order valence-corrected chi connectivity index (χ4v) is 5.43. The van der Waals surface area contributed by atoms with E-state index in [2.05, 4.69) is 10.3 Å². The first-order valence-corrected chi connectivity index (χ1v) is 12.7. The Bertz CT molecular complexity index is 999. The number of rotatable bonds is 10. The number of esters is 1. The molecular formula is C22H22Cl2F2N2O5S. The van der Waals surface area contributed by atoms with Gasteiger partial charge in [0.25, 0.3) is 5.79 Å². The molecule has 0 spiro atoms. The molecule has 34 heavy (non-hydrogen) atoms. The monoisotopic (exact) mass is 534 g/mol. The van der Waals surface area contributed by atoms with E-state index in [1.807, 2.05) is 0 Å². The van der Waals surface area contributed by atoms with Gasteiger partial charge in [-0.05, 0) is 30.4 Å². The summed E-state index contributed by atoms with van der Waals surface area (Å²) in [6, 6.07) is 0. The number of aromatic nitrogens is 1. The Kier molecular flexibility index (Phi) is 7.07. The molecule has 0 bridgehead atoms. The molecule has 1 aromatic rings. The van der Waals surface area contributed by atoms with Gasteiger partial charge in [0, 0.05) is 36.7 Å². The van der Waals surface area contributed by atoms with Crippen molar-refractivity contribution in [3.05, 3.63) is 51.5 Å². The molecule has 3 heterocycles. The number of nitrogens with zero attached hydrogens (tertiary/aromatic N) is 1. The van der Waals surface area contributed by atoms with Crippen LogP contribution in [0.3, 0.4) is 0 Å². The number of carbonyl (C=O) groups is 1. The third-order valence-corrected chi connectivity index (χ3v) is 7.79. The Hall–Kier alpha value is -1.43. The molecule has 2 saturated heterocycles. The Morgan fingerprint density at radius 1 is 1.29 bits per heavy atom. The highest BCUT2D eigenvalue weighted by atomic mass is 35.5. The number of hydrogen-bond acceptors (Lipinski definition) is 8. The van der Waals surface area contributed by atoms with Crippen LogP contribution in [0.15, 0.2) is 35.9 Å². The van der Waals surface area contributed by atoms with Crippen molar-refractivity contribution in [1.82, 2.24) is 10.3 Å². The molecule has 0 amide bonds. The molecule has 3 unspecified atom stereocenters. The number of halogens is 4. The van der Waals surface area contributed by atoms with Crippen LogP contribution in [0.25, 0.3) is 0 Å². The van der Waals surface area contributed by atoms with Crippen LogP contribution in [0.2, 0.25) is 10.0 Å². The van der Waals surface area contributed by atoms with Crippen LogP contribution in [0.4, 0.5) is 8.78 Å². The molecule has 7 nitrogen and oxygen atoms in total. The standard InChI is InChI=1S/C22H22Cl2F2N2O5S/c23-14-8-27-9-15(24)13(14)7-16(31-20(29)19-28-5-6-34-19)12-3-4-17(32-21(25)26)22(18(12)33-22)30-10-11-1-2-11/h3-4,8-9,11,16,18-19,21,28H,1-2,5-7,10H2/t16?,18?,19-,22?/m0/s1. The molecule has 2 aliphatic carbocycles. The molecule has 1 saturated carbocycles. The van der Waals surface area contributed by atoms with Crippen molar-refractivity contribution >= 4 is 40.9 Å². The quantitative estimate of drug-likeness (QED) is 0.355. The zero-order valence-electron chi connectivity index (χ0n) is 17.8. The van der Waals surface area contributed by atoms with Gasteiger partial charge in [-0.1, -0.05) is 29.3 Å². The van der Waals surface area contributed by atoms with Crippen LogP contribution in [-0.2, 0) is 30.2 Å². The largest absolute Gasteiger partial charge is 0.456 e. The number of pyridine rings is 1. The van der Waals surface area contributed by atoms with Crippen LogP contribution >= 0.6 is 35.0 Å². The maximum Gasteiger partial charge on any atom is 0.387 e. The van der Waals surface area contributed by atoms with Gasteiger partial charge < -0.3 is 18.9 Å². The fraction of sp³-hybridized carbons (Fsp3) is 0.545. The Balaban J connectivity index is 1.43. The first-order chi connectivity index (χ1) is 16.4. The molecule has 2 aliphatic heterocycles.